The predicted octanol–water partition coefficient (Wildman–Crippen LogP) is 5.39. The van der Waals surface area contributed by atoms with Crippen LogP contribution < -0.4 is 10.6 Å². The molecule has 9 heteroatoms. The number of anilines is 1. The van der Waals surface area contributed by atoms with E-state index in [1.165, 1.54) is 18.2 Å². The number of hydrogen-bond donors (Lipinski definition) is 2. The van der Waals surface area contributed by atoms with Crippen LogP contribution in [0.3, 0.4) is 0 Å². The maximum absolute atomic E-state index is 13.9. The first-order valence-electron chi connectivity index (χ1n) is 8.49. The summed E-state index contributed by atoms with van der Waals surface area (Å²) in [4.78, 5) is 12.6. The highest BCUT2D eigenvalue weighted by atomic mass is 35.5. The van der Waals surface area contributed by atoms with Gasteiger partial charge < -0.3 is 10.6 Å². The molecule has 28 heavy (non-hydrogen) atoms. The standard InChI is InChI=1S/C19H16Cl3F3N2O/c1-2-26-8-10-5-11(7-14(24)17(10)25)27-18(28)16-15(19(16,21)22)9-3-4-13(23)12(20)6-9/h3-7,15-16,26H,2,8H2,1H3,(H,27,28)/t15-,16+/m0/s1. The molecule has 150 valence electrons. The topological polar surface area (TPSA) is 41.1 Å². The summed E-state index contributed by atoms with van der Waals surface area (Å²) in [5.41, 5.74) is 0.677. The van der Waals surface area contributed by atoms with Gasteiger partial charge >= 0.3 is 0 Å². The summed E-state index contributed by atoms with van der Waals surface area (Å²) in [7, 11) is 0. The highest BCUT2D eigenvalue weighted by Gasteiger charge is 2.67. The molecule has 2 aromatic rings. The number of hydrogen-bond acceptors (Lipinski definition) is 2. The Kier molecular flexibility index (Phi) is 6.15. The fourth-order valence-electron chi connectivity index (χ4n) is 3.10. The molecule has 2 N–H and O–H groups in total. The van der Waals surface area contributed by atoms with Gasteiger partial charge in [0, 0.05) is 29.8 Å². The van der Waals surface area contributed by atoms with Crippen molar-refractivity contribution in [3.05, 3.63) is 63.9 Å². The number of nitrogens with one attached hydrogen (secondary N) is 2. The average Bonchev–Trinajstić information content (AvgIpc) is 3.21. The predicted molar refractivity (Wildman–Crippen MR) is 104 cm³/mol. The highest BCUT2D eigenvalue weighted by Crippen LogP contribution is 2.65. The highest BCUT2D eigenvalue weighted by molar-refractivity contribution is 6.53. The number of rotatable bonds is 6. The van der Waals surface area contributed by atoms with Crippen molar-refractivity contribution in [1.29, 1.82) is 0 Å². The van der Waals surface area contributed by atoms with Crippen LogP contribution in [0.25, 0.3) is 0 Å². The number of benzene rings is 2. The Labute approximate surface area is 175 Å². The second-order valence-electron chi connectivity index (χ2n) is 6.50. The van der Waals surface area contributed by atoms with Gasteiger partial charge in [-0.1, -0.05) is 24.6 Å². The quantitative estimate of drug-likeness (QED) is 0.578. The minimum absolute atomic E-state index is 0.0813. The molecular formula is C19H16Cl3F3N2O. The first kappa shape index (κ1) is 21.2. The summed E-state index contributed by atoms with van der Waals surface area (Å²) in [6, 6.07) is 6.20. The van der Waals surface area contributed by atoms with E-state index in [0.717, 1.165) is 12.1 Å². The van der Waals surface area contributed by atoms with Gasteiger partial charge in [0.25, 0.3) is 0 Å². The molecule has 2 atom stereocenters. The van der Waals surface area contributed by atoms with Crippen LogP contribution in [0.1, 0.15) is 24.0 Å². The van der Waals surface area contributed by atoms with Crippen LogP contribution in [0, 0.1) is 23.4 Å². The van der Waals surface area contributed by atoms with E-state index in [4.69, 9.17) is 34.8 Å². The van der Waals surface area contributed by atoms with E-state index in [-0.39, 0.29) is 22.8 Å². The van der Waals surface area contributed by atoms with Crippen molar-refractivity contribution in [1.82, 2.24) is 5.32 Å². The smallest absolute Gasteiger partial charge is 0.231 e. The van der Waals surface area contributed by atoms with Crippen molar-refractivity contribution < 1.29 is 18.0 Å². The van der Waals surface area contributed by atoms with E-state index < -0.39 is 39.5 Å². The number of carbonyl (C=O) groups excluding carboxylic acids is 1. The minimum Gasteiger partial charge on any atom is -0.326 e. The lowest BCUT2D eigenvalue weighted by molar-refractivity contribution is -0.117. The molecule has 1 saturated carbocycles. The first-order valence-corrected chi connectivity index (χ1v) is 9.62. The molecule has 0 aromatic heterocycles. The molecule has 1 fully saturated rings. The SMILES string of the molecule is CCNCc1cc(NC(=O)[C@H]2[C@H](c3ccc(F)c(Cl)c3)C2(Cl)Cl)cc(F)c1F. The Morgan fingerprint density at radius 3 is 2.50 bits per heavy atom. The fourth-order valence-corrected chi connectivity index (χ4v) is 4.12. The molecule has 0 spiro atoms. The zero-order valence-electron chi connectivity index (χ0n) is 14.6. The summed E-state index contributed by atoms with van der Waals surface area (Å²) in [6.07, 6.45) is 0. The Morgan fingerprint density at radius 1 is 1.14 bits per heavy atom. The van der Waals surface area contributed by atoms with Crippen LogP contribution in [-0.4, -0.2) is 16.8 Å². The Balaban J connectivity index is 1.79. The summed E-state index contributed by atoms with van der Waals surface area (Å²) >= 11 is 18.3. The van der Waals surface area contributed by atoms with Gasteiger partial charge in [-0.3, -0.25) is 4.79 Å². The van der Waals surface area contributed by atoms with Gasteiger partial charge in [0.05, 0.1) is 10.9 Å². The molecule has 0 aliphatic heterocycles. The van der Waals surface area contributed by atoms with Gasteiger partial charge in [-0.05, 0) is 30.3 Å². The van der Waals surface area contributed by atoms with Crippen molar-refractivity contribution in [2.24, 2.45) is 5.92 Å². The zero-order valence-corrected chi connectivity index (χ0v) is 16.9. The molecule has 3 nitrogen and oxygen atoms in total. The normalized spacial score (nSPS) is 20.1. The van der Waals surface area contributed by atoms with Crippen molar-refractivity contribution in [2.45, 2.75) is 23.7 Å². The molecule has 0 heterocycles. The Morgan fingerprint density at radius 2 is 1.86 bits per heavy atom. The van der Waals surface area contributed by atoms with E-state index in [1.54, 1.807) is 0 Å². The van der Waals surface area contributed by atoms with E-state index in [2.05, 4.69) is 10.6 Å². The lowest BCUT2D eigenvalue weighted by atomic mass is 10.1. The molecule has 2 aromatic carbocycles. The first-order chi connectivity index (χ1) is 13.2. The molecule has 3 rings (SSSR count). The summed E-state index contributed by atoms with van der Waals surface area (Å²) in [6.45, 7) is 2.51. The number of amides is 1. The minimum atomic E-state index is -1.42. The number of alkyl halides is 2. The van der Waals surface area contributed by atoms with E-state index in [1.807, 2.05) is 6.92 Å². The van der Waals surface area contributed by atoms with E-state index >= 15 is 0 Å². The fraction of sp³-hybridized carbons (Fsp3) is 0.316. The van der Waals surface area contributed by atoms with Gasteiger partial charge in [-0.25, -0.2) is 13.2 Å². The Hall–Kier alpha value is -1.47. The molecule has 0 radical (unpaired) electrons. The molecular weight excluding hydrogens is 436 g/mol. The van der Waals surface area contributed by atoms with Crippen LogP contribution in [0.2, 0.25) is 5.02 Å². The third-order valence-electron chi connectivity index (χ3n) is 4.58. The van der Waals surface area contributed by atoms with Crippen LogP contribution in [0.5, 0.6) is 0 Å². The molecule has 0 bridgehead atoms. The van der Waals surface area contributed by atoms with Crippen molar-refractivity contribution in [2.75, 3.05) is 11.9 Å². The van der Waals surface area contributed by atoms with E-state index in [0.29, 0.717) is 12.1 Å². The summed E-state index contributed by atoms with van der Waals surface area (Å²) in [5.74, 6) is -4.68. The summed E-state index contributed by atoms with van der Waals surface area (Å²) in [5, 5.41) is 5.31. The van der Waals surface area contributed by atoms with Gasteiger partial charge in [-0.2, -0.15) is 0 Å². The second kappa shape index (κ2) is 8.11. The number of carbonyl (C=O) groups is 1. The van der Waals surface area contributed by atoms with Crippen molar-refractivity contribution in [3.63, 3.8) is 0 Å². The maximum Gasteiger partial charge on any atom is 0.231 e. The largest absolute Gasteiger partial charge is 0.326 e. The second-order valence-corrected chi connectivity index (χ2v) is 8.36. The third-order valence-corrected chi connectivity index (χ3v) is 5.81. The summed E-state index contributed by atoms with van der Waals surface area (Å²) < 4.78 is 39.7. The third kappa shape index (κ3) is 4.10. The molecule has 0 unspecified atom stereocenters. The van der Waals surface area contributed by atoms with E-state index in [9.17, 15) is 18.0 Å². The Bertz CT molecular complexity index is 924. The van der Waals surface area contributed by atoms with Crippen molar-refractivity contribution in [3.8, 4) is 0 Å². The number of halogens is 6. The van der Waals surface area contributed by atoms with Gasteiger partial charge in [-0.15, -0.1) is 23.2 Å². The lowest BCUT2D eigenvalue weighted by Gasteiger charge is -2.10. The van der Waals surface area contributed by atoms with Crippen LogP contribution in [0.4, 0.5) is 18.9 Å². The molecule has 1 aliphatic carbocycles. The lowest BCUT2D eigenvalue weighted by Crippen LogP contribution is -2.18. The molecule has 1 amide bonds. The maximum atomic E-state index is 13.9. The van der Waals surface area contributed by atoms with Crippen molar-refractivity contribution >= 4 is 46.4 Å². The van der Waals surface area contributed by atoms with Gasteiger partial charge in [0.15, 0.2) is 11.6 Å². The van der Waals surface area contributed by atoms with Gasteiger partial charge in [0.1, 0.15) is 10.2 Å². The van der Waals surface area contributed by atoms with Crippen LogP contribution in [0.15, 0.2) is 30.3 Å². The zero-order chi connectivity index (χ0) is 20.6. The average molecular weight is 452 g/mol. The molecule has 1 aliphatic rings. The monoisotopic (exact) mass is 450 g/mol. The molecule has 0 saturated heterocycles. The van der Waals surface area contributed by atoms with Crippen LogP contribution in [-0.2, 0) is 11.3 Å². The van der Waals surface area contributed by atoms with Gasteiger partial charge in [0.2, 0.25) is 5.91 Å². The van der Waals surface area contributed by atoms with Crippen LogP contribution >= 0.6 is 34.8 Å².